The van der Waals surface area contributed by atoms with Gasteiger partial charge >= 0.3 is 0 Å². The number of hydrogen-bond acceptors (Lipinski definition) is 30. The lowest BCUT2D eigenvalue weighted by Gasteiger charge is -2.26. The molecule has 4 unspecified atom stereocenters. The summed E-state index contributed by atoms with van der Waals surface area (Å²) in [5.74, 6) is 5.07. The molecule has 0 aliphatic carbocycles. The SMILES string of the molecule is CN(c1ccccc1N)S(C)(=O)=O.Cc1cc(Cc2cc(Nc3ccccc3N(C)S(C)(=O)=O)c3nc(C)n(C4CCCCO4)c3n2)nc(C)n1.Cc1cc(N)nc(C)n1.Cc1cc2c(Nc3ccccc3N(C)S(C)(=O)=O)cc(Cl)nc2n1C1CCCCO1.Cc1nc2c(Cl)cc(Cl)nc2n1C1CCCCO1.[2H]C([2H])([2H])S(=O)(=O)N(C)c1ccccc1Nc1cc(Cc2cc(C)nc(C)n2)nc2c1nc(C)n2C1CCCCO1. The molecule has 4 aromatic carbocycles. The van der Waals surface area contributed by atoms with E-state index in [-0.39, 0.29) is 30.6 Å². The highest BCUT2D eigenvalue weighted by molar-refractivity contribution is 7.92. The first-order valence-electron chi connectivity index (χ1n) is 49.0. The van der Waals surface area contributed by atoms with Gasteiger partial charge in [-0.3, -0.25) is 30.9 Å². The summed E-state index contributed by atoms with van der Waals surface area (Å²) in [5, 5.41) is 12.3. The highest BCUT2D eigenvalue weighted by Gasteiger charge is 2.31. The summed E-state index contributed by atoms with van der Waals surface area (Å²) in [5.41, 5.74) is 28.8. The number of hydrogen-bond donors (Lipinski definition) is 5. The van der Waals surface area contributed by atoms with Crippen LogP contribution in [0, 0.1) is 69.2 Å². The maximum atomic E-state index is 12.8. The Morgan fingerprint density at radius 1 is 0.356 bits per heavy atom. The van der Waals surface area contributed by atoms with Crippen LogP contribution < -0.4 is 44.6 Å². The molecule has 11 aromatic heterocycles. The first kappa shape index (κ1) is 105. The van der Waals surface area contributed by atoms with Gasteiger partial charge in [0.25, 0.3) is 0 Å². The van der Waals surface area contributed by atoms with Gasteiger partial charge in [-0.25, -0.2) is 98.5 Å². The van der Waals surface area contributed by atoms with Gasteiger partial charge in [0.15, 0.2) is 16.9 Å². The van der Waals surface area contributed by atoms with Crippen LogP contribution in [0.4, 0.5) is 68.4 Å². The van der Waals surface area contributed by atoms with Crippen molar-refractivity contribution >= 4 is 188 Å². The van der Waals surface area contributed by atoms with Gasteiger partial charge in [-0.15, -0.1) is 0 Å². The number of fused-ring (bicyclic) bond motifs is 4. The van der Waals surface area contributed by atoms with Crippen LogP contribution in [0.3, 0.4) is 0 Å². The number of nitrogens with zero attached hydrogens (tertiary/aromatic N) is 21. The molecule has 4 saturated heterocycles. The molecule has 0 bridgehead atoms. The minimum atomic E-state index is -4.63. The molecule has 146 heavy (non-hydrogen) atoms. The van der Waals surface area contributed by atoms with Gasteiger partial charge in [-0.2, -0.15) is 0 Å². The number of rotatable bonds is 22. The molecule has 38 nitrogen and oxygen atoms in total. The Morgan fingerprint density at radius 2 is 0.692 bits per heavy atom. The van der Waals surface area contributed by atoms with Gasteiger partial charge in [-0.1, -0.05) is 83.3 Å². The highest BCUT2D eigenvalue weighted by Crippen LogP contribution is 2.43. The Kier molecular flexibility index (Phi) is 33.8. The summed E-state index contributed by atoms with van der Waals surface area (Å²) in [7, 11) is -8.93. The van der Waals surface area contributed by atoms with Crippen LogP contribution in [0.2, 0.25) is 15.3 Å². The predicted molar refractivity (Wildman–Crippen MR) is 579 cm³/mol. The minimum Gasteiger partial charge on any atom is -0.397 e. The maximum absolute atomic E-state index is 12.8. The van der Waals surface area contributed by atoms with Crippen LogP contribution in [-0.2, 0) is 71.9 Å². The number of pyridine rings is 4. The monoisotopic (exact) mass is 2130 g/mol. The highest BCUT2D eigenvalue weighted by atomic mass is 35.5. The third-order valence-corrected chi connectivity index (χ3v) is 29.8. The zero-order valence-electron chi connectivity index (χ0n) is 87.6. The number of benzene rings is 4. The Bertz CT molecular complexity index is 7790. The van der Waals surface area contributed by atoms with Crippen LogP contribution in [-0.4, -0.2) is 196 Å². The Balaban J connectivity index is 0.000000150. The summed E-state index contributed by atoms with van der Waals surface area (Å²) in [6, 6.07) is 42.9. The number of para-hydroxylation sites is 8. The first-order valence-corrected chi connectivity index (χ1v) is 55.6. The van der Waals surface area contributed by atoms with Crippen LogP contribution in [0.25, 0.3) is 44.5 Å². The smallest absolute Gasteiger partial charge is 0.232 e. The van der Waals surface area contributed by atoms with E-state index in [9.17, 15) is 33.7 Å². The van der Waals surface area contributed by atoms with Crippen molar-refractivity contribution in [3.63, 3.8) is 0 Å². The number of nitrogen functional groups attached to an aromatic ring is 2. The number of nitrogens with two attached hydrogens (primary N) is 2. The summed E-state index contributed by atoms with van der Waals surface area (Å²) in [6.45, 7) is 22.0. The van der Waals surface area contributed by atoms with Crippen LogP contribution in [0.15, 0.2) is 146 Å². The van der Waals surface area contributed by atoms with Crippen molar-refractivity contribution in [2.24, 2.45) is 0 Å². The zero-order valence-corrected chi connectivity index (χ0v) is 90.1. The molecule has 0 amide bonds. The zero-order chi connectivity index (χ0) is 108. The summed E-state index contributed by atoms with van der Waals surface area (Å²) in [6.07, 6.45) is 13.1. The van der Waals surface area contributed by atoms with Gasteiger partial charge < -0.3 is 50.9 Å². The fourth-order valence-corrected chi connectivity index (χ4v) is 20.4. The van der Waals surface area contributed by atoms with Crippen molar-refractivity contribution in [1.82, 2.24) is 83.1 Å². The van der Waals surface area contributed by atoms with Gasteiger partial charge in [0.2, 0.25) is 40.1 Å². The van der Waals surface area contributed by atoms with Crippen LogP contribution >= 0.6 is 34.8 Å². The molecule has 7 N–H and O–H groups in total. The van der Waals surface area contributed by atoms with Crippen LogP contribution in [0.5, 0.6) is 0 Å². The maximum Gasteiger partial charge on any atom is 0.232 e. The summed E-state index contributed by atoms with van der Waals surface area (Å²) in [4.78, 5) is 59.0. The molecular formula is C101H125Cl3N26O12S4. The molecule has 776 valence electrons. The molecule has 4 aliphatic heterocycles. The average molecular weight is 2130 g/mol. The molecule has 0 saturated carbocycles. The standard InChI is InChI=1S/2C27H33N7O3S.C21H25ClN4O3S.C12H13Cl2N3O.C8H12N2O2S.C6H9N3/c2*1-17-14-20(29-18(2)28-17)15-21-16-23(32-22-10-6-7-11-24(22)33(4)38(5,35)36)26-27(31-21)34(19(3)30-26)25-12-8-9-13-37-25;1-14-12-15-17(23-16-8-4-5-9-18(16)25(2)30(3,27)28)13-19(22)24-21(15)26(14)20-10-6-7-11-29-20;1-7-15-11-8(13)6-9(14)16-12(11)17(7)10-4-2-3-5-18-10;1-10(13(2,11)12)8-6-4-3-5-7(8)9;1-4-3-6(7)9-5(2)8-4/h2*6-7,10-11,14,16,25H,8-9,12-13,15H2,1-5H3,(H,31,32);4-5,8-9,12-13,20H,6-7,10-11H2,1-3H3,(H,23,24);6,10H,2-5H2,1H3;3-6H,9H2,1-2H3;3H,1-2H3,(H2,7,8,9)/i5D3;;;;;. The first-order chi connectivity index (χ1) is 70.5. The van der Waals surface area contributed by atoms with Crippen molar-refractivity contribution in [2.45, 2.75) is 184 Å². The number of aryl methyl sites for hydroxylation is 10. The number of halogens is 3. The molecule has 15 aromatic rings. The van der Waals surface area contributed by atoms with Crippen molar-refractivity contribution in [3.8, 4) is 0 Å². The summed E-state index contributed by atoms with van der Waals surface area (Å²) < 4.78 is 156. The average Bonchev–Trinajstić information content (AvgIpc) is 1.63. The van der Waals surface area contributed by atoms with E-state index in [0.717, 1.165) is 202 Å². The number of aromatic nitrogens is 17. The normalized spacial score (nSPS) is 16.4. The van der Waals surface area contributed by atoms with Crippen molar-refractivity contribution in [2.75, 3.05) is 124 Å². The molecular weight excluding hydrogens is 2000 g/mol. The number of imidazole rings is 3. The number of nitrogens with one attached hydrogen (secondary N) is 3. The number of sulfonamides is 4. The Morgan fingerprint density at radius 3 is 1.07 bits per heavy atom. The third-order valence-electron chi connectivity index (χ3n) is 24.7. The summed E-state index contributed by atoms with van der Waals surface area (Å²) >= 11 is 18.5. The van der Waals surface area contributed by atoms with E-state index in [0.29, 0.717) is 132 Å². The topological polar surface area (TPSA) is 462 Å². The lowest BCUT2D eigenvalue weighted by molar-refractivity contribution is -0.0310. The molecule has 19 rings (SSSR count). The van der Waals surface area contributed by atoms with Crippen molar-refractivity contribution < 1.29 is 56.7 Å². The fraction of sp³-hybridized carbons (Fsp3) is 0.396. The van der Waals surface area contributed by atoms with Crippen LogP contribution in [0.1, 0.15) is 187 Å². The van der Waals surface area contributed by atoms with Gasteiger partial charge in [0.05, 0.1) is 115 Å². The van der Waals surface area contributed by atoms with E-state index in [2.05, 4.69) is 76.0 Å². The van der Waals surface area contributed by atoms with Gasteiger partial charge in [0.1, 0.15) is 98.2 Å². The molecule has 4 aliphatic rings. The van der Waals surface area contributed by atoms with E-state index in [1.807, 2.05) is 133 Å². The fourth-order valence-electron chi connectivity index (χ4n) is 17.7. The lowest BCUT2D eigenvalue weighted by atomic mass is 10.1. The van der Waals surface area contributed by atoms with E-state index in [4.69, 9.17) is 89.3 Å². The Hall–Kier alpha value is -12.6. The van der Waals surface area contributed by atoms with Crippen molar-refractivity contribution in [1.29, 1.82) is 0 Å². The second-order valence-corrected chi connectivity index (χ2v) is 44.8. The molecule has 0 radical (unpaired) electrons. The number of ether oxygens (including phenoxy) is 4. The van der Waals surface area contributed by atoms with Gasteiger partial charge in [0, 0.05) is 106 Å². The molecule has 0 spiro atoms. The minimum absolute atomic E-state index is 0.00853. The van der Waals surface area contributed by atoms with E-state index in [1.54, 1.807) is 92.0 Å². The van der Waals surface area contributed by atoms with E-state index in [1.165, 1.54) is 42.3 Å². The largest absolute Gasteiger partial charge is 0.397 e. The molecule has 4 fully saturated rings. The number of anilines is 12. The third kappa shape index (κ3) is 27.0. The van der Waals surface area contributed by atoms with E-state index >= 15 is 0 Å². The quantitative estimate of drug-likeness (QED) is 0.0311. The Labute approximate surface area is 871 Å². The second-order valence-electron chi connectivity index (χ2n) is 36.1. The van der Waals surface area contributed by atoms with E-state index < -0.39 is 46.3 Å². The van der Waals surface area contributed by atoms with Crippen molar-refractivity contribution in [3.05, 3.63) is 241 Å². The second kappa shape index (κ2) is 47.0. The molecule has 45 heteroatoms. The predicted octanol–water partition coefficient (Wildman–Crippen LogP) is 19.1. The van der Waals surface area contributed by atoms with Gasteiger partial charge in [-0.05, 0) is 237 Å². The lowest BCUT2D eigenvalue weighted by Crippen LogP contribution is -2.25. The molecule has 15 heterocycles. The molecule has 4 atom stereocenters.